The number of rotatable bonds is 2. The summed E-state index contributed by atoms with van der Waals surface area (Å²) in [6.07, 6.45) is 1.61. The van der Waals surface area contributed by atoms with Gasteiger partial charge < -0.3 is 0 Å². The van der Waals surface area contributed by atoms with Gasteiger partial charge >= 0.3 is 0 Å². The summed E-state index contributed by atoms with van der Waals surface area (Å²) < 4.78 is 0. The molecule has 0 saturated carbocycles. The minimum Gasteiger partial charge on any atom is -0.285 e. The zero-order valence-electron chi connectivity index (χ0n) is 12.2. The van der Waals surface area contributed by atoms with Crippen LogP contribution in [0.25, 0.3) is 33.3 Å². The Kier molecular flexibility index (Phi) is 4.61. The third kappa shape index (κ3) is 3.07. The Bertz CT molecular complexity index is 931. The first-order valence-electron chi connectivity index (χ1n) is 7.19. The second-order valence-corrected chi connectivity index (χ2v) is 5.10. The molecule has 0 spiro atoms. The monoisotopic (exact) mass is 474 g/mol. The van der Waals surface area contributed by atoms with E-state index in [-0.39, 0.29) is 20.1 Å². The van der Waals surface area contributed by atoms with Crippen LogP contribution in [0.1, 0.15) is 0 Å². The van der Waals surface area contributed by atoms with Crippen molar-refractivity contribution in [2.75, 3.05) is 0 Å². The van der Waals surface area contributed by atoms with Gasteiger partial charge in [0.1, 0.15) is 6.33 Å². The summed E-state index contributed by atoms with van der Waals surface area (Å²) in [5.41, 5.74) is 5.21. The molecule has 0 aliphatic rings. The maximum Gasteiger partial charge on any atom is 0.106 e. The zero-order chi connectivity index (χ0) is 14.8. The first kappa shape index (κ1) is 15.5. The first-order chi connectivity index (χ1) is 10.9. The van der Waals surface area contributed by atoms with Crippen LogP contribution < -0.4 is 0 Å². The van der Waals surface area contributed by atoms with E-state index >= 15 is 0 Å². The molecule has 2 nitrogen and oxygen atoms in total. The van der Waals surface area contributed by atoms with E-state index in [1.807, 2.05) is 48.5 Å². The Morgan fingerprint density at radius 2 is 1.52 bits per heavy atom. The van der Waals surface area contributed by atoms with Crippen LogP contribution in [0, 0.1) is 6.07 Å². The first-order valence-corrected chi connectivity index (χ1v) is 7.19. The molecular weight excluding hydrogens is 460 g/mol. The maximum absolute atomic E-state index is 4.47. The van der Waals surface area contributed by atoms with E-state index in [9.17, 15) is 0 Å². The zero-order valence-corrected chi connectivity index (χ0v) is 14.6. The maximum atomic E-state index is 4.47. The SMILES string of the molecule is [Ir].[c-]1ccc(-c2ccccc2)cc1-c1ncnc2ccccc12. The molecule has 0 fully saturated rings. The van der Waals surface area contributed by atoms with E-state index in [2.05, 4.69) is 40.3 Å². The molecule has 0 aliphatic heterocycles. The van der Waals surface area contributed by atoms with E-state index in [4.69, 9.17) is 0 Å². The third-order valence-corrected chi connectivity index (χ3v) is 3.71. The molecule has 23 heavy (non-hydrogen) atoms. The van der Waals surface area contributed by atoms with Gasteiger partial charge in [-0.3, -0.25) is 4.98 Å². The predicted octanol–water partition coefficient (Wildman–Crippen LogP) is 4.76. The summed E-state index contributed by atoms with van der Waals surface area (Å²) in [7, 11) is 0. The molecule has 1 radical (unpaired) electrons. The number of aromatic nitrogens is 2. The average molecular weight is 474 g/mol. The van der Waals surface area contributed by atoms with Crippen molar-refractivity contribution >= 4 is 10.9 Å². The number of para-hydroxylation sites is 1. The molecule has 4 aromatic rings. The fourth-order valence-corrected chi connectivity index (χ4v) is 2.63. The number of benzene rings is 3. The van der Waals surface area contributed by atoms with Gasteiger partial charge in [0.2, 0.25) is 0 Å². The van der Waals surface area contributed by atoms with Gasteiger partial charge in [0.15, 0.2) is 0 Å². The van der Waals surface area contributed by atoms with Crippen molar-refractivity contribution in [1.82, 2.24) is 9.97 Å². The van der Waals surface area contributed by atoms with Gasteiger partial charge in [0, 0.05) is 20.1 Å². The number of hydrogen-bond donors (Lipinski definition) is 0. The summed E-state index contributed by atoms with van der Waals surface area (Å²) in [6.45, 7) is 0. The summed E-state index contributed by atoms with van der Waals surface area (Å²) in [4.78, 5) is 8.79. The normalized spacial score (nSPS) is 10.3. The van der Waals surface area contributed by atoms with Gasteiger partial charge in [0.05, 0.1) is 5.52 Å². The Labute approximate surface area is 148 Å². The van der Waals surface area contributed by atoms with Crippen LogP contribution in [-0.2, 0) is 20.1 Å². The molecular formula is C20H13IrN2-. The molecule has 0 amide bonds. The average Bonchev–Trinajstić information content (AvgIpc) is 2.62. The van der Waals surface area contributed by atoms with Crippen LogP contribution in [0.15, 0.2) is 79.1 Å². The van der Waals surface area contributed by atoms with Crippen LogP contribution >= 0.6 is 0 Å². The van der Waals surface area contributed by atoms with Crippen molar-refractivity contribution in [3.05, 3.63) is 85.2 Å². The molecule has 0 N–H and O–H groups in total. The summed E-state index contributed by atoms with van der Waals surface area (Å²) >= 11 is 0. The van der Waals surface area contributed by atoms with Gasteiger partial charge in [0.25, 0.3) is 0 Å². The molecule has 4 rings (SSSR count). The van der Waals surface area contributed by atoms with Crippen LogP contribution in [-0.4, -0.2) is 9.97 Å². The minimum atomic E-state index is 0. The van der Waals surface area contributed by atoms with Crippen LogP contribution in [0.4, 0.5) is 0 Å². The van der Waals surface area contributed by atoms with E-state index < -0.39 is 0 Å². The van der Waals surface area contributed by atoms with E-state index in [1.165, 1.54) is 5.56 Å². The standard InChI is InChI=1S/C20H13N2.Ir/c1-2-7-15(8-3-1)16-9-6-10-17(13-16)20-18-11-4-5-12-19(18)21-14-22-20;/h1-9,11-14H;/q-1;. The third-order valence-electron chi connectivity index (χ3n) is 3.71. The van der Waals surface area contributed by atoms with Gasteiger partial charge in [-0.1, -0.05) is 48.5 Å². The van der Waals surface area contributed by atoms with Crippen molar-refractivity contribution < 1.29 is 20.1 Å². The second kappa shape index (κ2) is 6.82. The Balaban J connectivity index is 0.00000156. The van der Waals surface area contributed by atoms with Crippen LogP contribution in [0.5, 0.6) is 0 Å². The minimum absolute atomic E-state index is 0. The molecule has 1 aromatic heterocycles. The largest absolute Gasteiger partial charge is 0.285 e. The van der Waals surface area contributed by atoms with Crippen molar-refractivity contribution in [3.63, 3.8) is 0 Å². The van der Waals surface area contributed by atoms with Crippen molar-refractivity contribution in [2.45, 2.75) is 0 Å². The number of nitrogens with zero attached hydrogens (tertiary/aromatic N) is 2. The molecule has 0 unspecified atom stereocenters. The quantitative estimate of drug-likeness (QED) is 0.393. The smallest absolute Gasteiger partial charge is 0.106 e. The van der Waals surface area contributed by atoms with Crippen molar-refractivity contribution in [2.24, 2.45) is 0 Å². The summed E-state index contributed by atoms with van der Waals surface area (Å²) in [5.74, 6) is 0. The Morgan fingerprint density at radius 1 is 0.739 bits per heavy atom. The topological polar surface area (TPSA) is 25.8 Å². The van der Waals surface area contributed by atoms with Crippen LogP contribution in [0.2, 0.25) is 0 Å². The van der Waals surface area contributed by atoms with Gasteiger partial charge in [-0.2, -0.15) is 0 Å². The molecule has 0 atom stereocenters. The molecule has 113 valence electrons. The fraction of sp³-hybridized carbons (Fsp3) is 0. The molecule has 0 bridgehead atoms. The van der Waals surface area contributed by atoms with Gasteiger partial charge in [-0.25, -0.2) is 4.98 Å². The van der Waals surface area contributed by atoms with Gasteiger partial charge in [-0.15, -0.1) is 35.4 Å². The Hall–Kier alpha value is -2.35. The molecule has 3 heteroatoms. The predicted molar refractivity (Wildman–Crippen MR) is 89.2 cm³/mol. The van der Waals surface area contributed by atoms with E-state index in [1.54, 1.807) is 6.33 Å². The second-order valence-electron chi connectivity index (χ2n) is 5.10. The number of hydrogen-bond acceptors (Lipinski definition) is 2. The molecule has 1 heterocycles. The molecule has 0 aliphatic carbocycles. The summed E-state index contributed by atoms with van der Waals surface area (Å²) in [5, 5.41) is 1.05. The Morgan fingerprint density at radius 3 is 2.39 bits per heavy atom. The van der Waals surface area contributed by atoms with Gasteiger partial charge in [-0.05, 0) is 22.7 Å². The van der Waals surface area contributed by atoms with E-state index in [0.717, 1.165) is 27.7 Å². The van der Waals surface area contributed by atoms with Crippen molar-refractivity contribution in [1.29, 1.82) is 0 Å². The molecule has 3 aromatic carbocycles. The van der Waals surface area contributed by atoms with Crippen molar-refractivity contribution in [3.8, 4) is 22.4 Å². The van der Waals surface area contributed by atoms with E-state index in [0.29, 0.717) is 0 Å². The van der Waals surface area contributed by atoms with Crippen LogP contribution in [0.3, 0.4) is 0 Å². The fourth-order valence-electron chi connectivity index (χ4n) is 2.63. The molecule has 0 saturated heterocycles. The summed E-state index contributed by atoms with van der Waals surface area (Å²) in [6, 6.07) is 27.8. The number of fused-ring (bicyclic) bond motifs is 1.